The van der Waals surface area contributed by atoms with Crippen LogP contribution in [0.15, 0.2) is 63.9 Å². The summed E-state index contributed by atoms with van der Waals surface area (Å²) in [5.41, 5.74) is 2.96. The Kier molecular flexibility index (Phi) is 7.72. The Morgan fingerprint density at radius 1 is 1.25 bits per heavy atom. The third-order valence-electron chi connectivity index (χ3n) is 3.89. The molecule has 3 rings (SSSR count). The van der Waals surface area contributed by atoms with E-state index in [2.05, 4.69) is 20.7 Å². The molecule has 0 saturated heterocycles. The molecule has 0 aliphatic heterocycles. The summed E-state index contributed by atoms with van der Waals surface area (Å²) >= 11 is 7.02. The van der Waals surface area contributed by atoms with Gasteiger partial charge in [0, 0.05) is 12.1 Å². The lowest BCUT2D eigenvalue weighted by molar-refractivity contribution is -0.118. The summed E-state index contributed by atoms with van der Waals surface area (Å²) in [6.45, 7) is 0. The summed E-state index contributed by atoms with van der Waals surface area (Å²) in [5.74, 6) is -0.0303. The molecule has 1 amide bonds. The van der Waals surface area contributed by atoms with Crippen LogP contribution < -0.4 is 14.3 Å². The van der Waals surface area contributed by atoms with Crippen LogP contribution in [0.1, 0.15) is 5.56 Å². The first-order valence-electron chi connectivity index (χ1n) is 8.95. The number of aromatic nitrogens is 3. The number of hydrogen-bond acceptors (Lipinski definition) is 9. The van der Waals surface area contributed by atoms with E-state index in [4.69, 9.17) is 20.5 Å². The van der Waals surface area contributed by atoms with Crippen molar-refractivity contribution in [1.82, 2.24) is 20.2 Å². The molecule has 0 radical (unpaired) electrons. The van der Waals surface area contributed by atoms with Crippen LogP contribution >= 0.6 is 23.4 Å². The molecule has 168 valence electrons. The van der Waals surface area contributed by atoms with Crippen LogP contribution in [0.4, 0.5) is 0 Å². The molecule has 0 spiro atoms. The average molecular weight is 496 g/mol. The Bertz CT molecular complexity index is 1230. The van der Waals surface area contributed by atoms with Crippen molar-refractivity contribution in [2.45, 2.75) is 10.1 Å². The van der Waals surface area contributed by atoms with E-state index in [1.807, 2.05) is 0 Å². The molecular weight excluding hydrogens is 478 g/mol. The number of carbonyl (C=O) groups excluding carboxylic acids is 1. The van der Waals surface area contributed by atoms with Crippen LogP contribution in [0.2, 0.25) is 5.02 Å². The number of ether oxygens (including phenoxy) is 1. The Morgan fingerprint density at radius 2 is 2.00 bits per heavy atom. The Hall–Kier alpha value is -3.09. The van der Waals surface area contributed by atoms with E-state index in [9.17, 15) is 13.2 Å². The van der Waals surface area contributed by atoms with Crippen LogP contribution in [0.3, 0.4) is 0 Å². The Labute approximate surface area is 193 Å². The minimum absolute atomic E-state index is 0.00344. The number of nitrogens with one attached hydrogen (secondary N) is 1. The van der Waals surface area contributed by atoms with Gasteiger partial charge in [0.05, 0.1) is 19.1 Å². The lowest BCUT2D eigenvalue weighted by Crippen LogP contribution is -2.19. The standard InChI is InChI=1S/C19H18ClN5O5S2/c1-25-12-22-24-19(25)31-11-18(26)23-21-10-13-3-8-16(17(9-13)29-2)30-32(27,28)15-6-4-14(20)5-7-15/h3-10,12H,11H2,1-2H3,(H,23,26)/b21-10+. The molecule has 32 heavy (non-hydrogen) atoms. The van der Waals surface area contributed by atoms with E-state index in [-0.39, 0.29) is 28.1 Å². The van der Waals surface area contributed by atoms with Crippen molar-refractivity contribution in [2.75, 3.05) is 12.9 Å². The highest BCUT2D eigenvalue weighted by Crippen LogP contribution is 2.30. The minimum atomic E-state index is -4.07. The summed E-state index contributed by atoms with van der Waals surface area (Å²) in [5, 5.41) is 12.5. The van der Waals surface area contributed by atoms with Gasteiger partial charge in [-0.2, -0.15) is 13.5 Å². The molecule has 0 saturated carbocycles. The summed E-state index contributed by atoms with van der Waals surface area (Å²) in [6, 6.07) is 10.1. The molecule has 2 aromatic carbocycles. The topological polar surface area (TPSA) is 125 Å². The molecule has 3 aromatic rings. The number of rotatable bonds is 9. The highest BCUT2D eigenvalue weighted by molar-refractivity contribution is 7.99. The van der Waals surface area contributed by atoms with Crippen LogP contribution in [0.25, 0.3) is 0 Å². The van der Waals surface area contributed by atoms with Gasteiger partial charge in [-0.15, -0.1) is 10.2 Å². The summed E-state index contributed by atoms with van der Waals surface area (Å²) in [6.07, 6.45) is 2.94. The molecule has 10 nitrogen and oxygen atoms in total. The second-order valence-electron chi connectivity index (χ2n) is 6.21. The van der Waals surface area contributed by atoms with Crippen LogP contribution in [-0.2, 0) is 22.0 Å². The predicted molar refractivity (Wildman–Crippen MR) is 120 cm³/mol. The van der Waals surface area contributed by atoms with Gasteiger partial charge in [-0.1, -0.05) is 23.4 Å². The van der Waals surface area contributed by atoms with Gasteiger partial charge in [0.2, 0.25) is 0 Å². The average Bonchev–Trinajstić information content (AvgIpc) is 3.18. The SMILES string of the molecule is COc1cc(/C=N/NC(=O)CSc2nncn2C)ccc1OS(=O)(=O)c1ccc(Cl)cc1. The van der Waals surface area contributed by atoms with Crippen molar-refractivity contribution < 1.29 is 22.1 Å². The number of methoxy groups -OCH3 is 1. The molecule has 0 unspecified atom stereocenters. The van der Waals surface area contributed by atoms with E-state index in [0.717, 1.165) is 0 Å². The number of amides is 1. The van der Waals surface area contributed by atoms with Crippen molar-refractivity contribution in [1.29, 1.82) is 0 Å². The molecule has 1 aromatic heterocycles. The van der Waals surface area contributed by atoms with E-state index >= 15 is 0 Å². The van der Waals surface area contributed by atoms with Gasteiger partial charge >= 0.3 is 10.1 Å². The number of halogens is 1. The molecule has 0 atom stereocenters. The van der Waals surface area contributed by atoms with Gasteiger partial charge in [0.15, 0.2) is 16.7 Å². The number of nitrogens with zero attached hydrogens (tertiary/aromatic N) is 4. The maximum Gasteiger partial charge on any atom is 0.339 e. The first-order chi connectivity index (χ1) is 15.3. The van der Waals surface area contributed by atoms with E-state index in [1.54, 1.807) is 24.0 Å². The zero-order valence-electron chi connectivity index (χ0n) is 16.9. The lowest BCUT2D eigenvalue weighted by atomic mass is 10.2. The normalized spacial score (nSPS) is 11.5. The van der Waals surface area contributed by atoms with Crippen molar-refractivity contribution in [3.05, 3.63) is 59.4 Å². The number of hydrazone groups is 1. The largest absolute Gasteiger partial charge is 0.493 e. The Morgan fingerprint density at radius 3 is 2.66 bits per heavy atom. The molecule has 0 bridgehead atoms. The van der Waals surface area contributed by atoms with Gasteiger partial charge in [0.25, 0.3) is 5.91 Å². The smallest absolute Gasteiger partial charge is 0.339 e. The Balaban J connectivity index is 1.62. The molecular formula is C19H18ClN5O5S2. The summed E-state index contributed by atoms with van der Waals surface area (Å²) in [7, 11) is -0.919. The van der Waals surface area contributed by atoms with Crippen LogP contribution in [-0.4, -0.2) is 48.2 Å². The molecule has 0 aliphatic carbocycles. The third kappa shape index (κ3) is 6.22. The number of thioether (sulfide) groups is 1. The van der Waals surface area contributed by atoms with Crippen LogP contribution in [0, 0.1) is 0 Å². The maximum atomic E-state index is 12.5. The van der Waals surface area contributed by atoms with Crippen molar-refractivity contribution >= 4 is 45.6 Å². The fourth-order valence-electron chi connectivity index (χ4n) is 2.35. The van der Waals surface area contributed by atoms with E-state index in [0.29, 0.717) is 15.7 Å². The lowest BCUT2D eigenvalue weighted by Gasteiger charge is -2.11. The second kappa shape index (κ2) is 10.5. The fourth-order valence-corrected chi connectivity index (χ4v) is 4.09. The number of hydrogen-bond donors (Lipinski definition) is 1. The number of carbonyl (C=O) groups is 1. The minimum Gasteiger partial charge on any atom is -0.493 e. The quantitative estimate of drug-likeness (QED) is 0.208. The van der Waals surface area contributed by atoms with Crippen molar-refractivity contribution in [3.63, 3.8) is 0 Å². The van der Waals surface area contributed by atoms with Gasteiger partial charge in [0.1, 0.15) is 11.2 Å². The van der Waals surface area contributed by atoms with Crippen molar-refractivity contribution in [2.24, 2.45) is 12.1 Å². The first kappa shape index (κ1) is 23.6. The van der Waals surface area contributed by atoms with E-state index < -0.39 is 10.1 Å². The van der Waals surface area contributed by atoms with Crippen molar-refractivity contribution in [3.8, 4) is 11.5 Å². The zero-order chi connectivity index (χ0) is 23.1. The van der Waals surface area contributed by atoms with Gasteiger partial charge < -0.3 is 13.5 Å². The maximum absolute atomic E-state index is 12.5. The van der Waals surface area contributed by atoms with Crippen LogP contribution in [0.5, 0.6) is 11.5 Å². The first-order valence-corrected chi connectivity index (χ1v) is 11.7. The predicted octanol–water partition coefficient (Wildman–Crippen LogP) is 2.49. The highest BCUT2D eigenvalue weighted by atomic mass is 35.5. The third-order valence-corrected chi connectivity index (χ3v) is 6.43. The zero-order valence-corrected chi connectivity index (χ0v) is 19.3. The van der Waals surface area contributed by atoms with Gasteiger partial charge in [-0.3, -0.25) is 4.79 Å². The summed E-state index contributed by atoms with van der Waals surface area (Å²) < 4.78 is 37.1. The number of aryl methyl sites for hydroxylation is 1. The molecule has 13 heteroatoms. The molecule has 0 fully saturated rings. The second-order valence-corrected chi connectivity index (χ2v) is 9.13. The molecule has 1 heterocycles. The number of benzene rings is 2. The highest BCUT2D eigenvalue weighted by Gasteiger charge is 2.19. The molecule has 1 N–H and O–H groups in total. The molecule has 0 aliphatic rings. The van der Waals surface area contributed by atoms with E-state index in [1.165, 1.54) is 61.5 Å². The summed E-state index contributed by atoms with van der Waals surface area (Å²) in [4.78, 5) is 11.9. The van der Waals surface area contributed by atoms with Gasteiger partial charge in [-0.25, -0.2) is 5.43 Å². The monoisotopic (exact) mass is 495 g/mol. The van der Waals surface area contributed by atoms with Gasteiger partial charge in [-0.05, 0) is 48.0 Å². The fraction of sp³-hybridized carbons (Fsp3) is 0.158.